The number of anilines is 2. The topological polar surface area (TPSA) is 135 Å². The maximum absolute atomic E-state index is 14.9. The average molecular weight is 664 g/mol. The molecule has 2 aromatic carbocycles. The molecule has 0 unspecified atom stereocenters. The van der Waals surface area contributed by atoms with Crippen LogP contribution in [0.15, 0.2) is 36.9 Å². The van der Waals surface area contributed by atoms with E-state index in [1.165, 1.54) is 35.2 Å². The molecule has 8 rings (SSSR count). The van der Waals surface area contributed by atoms with Crippen molar-refractivity contribution in [2.45, 2.75) is 56.3 Å². The van der Waals surface area contributed by atoms with Gasteiger partial charge in [0.25, 0.3) is 0 Å². The number of nitrogens with zero attached hydrogens (tertiary/aromatic N) is 7. The van der Waals surface area contributed by atoms with Crippen LogP contribution in [0, 0.1) is 35.4 Å². The van der Waals surface area contributed by atoms with Crippen LogP contribution in [0.3, 0.4) is 0 Å². The van der Waals surface area contributed by atoms with Crippen LogP contribution in [0.1, 0.15) is 43.4 Å². The summed E-state index contributed by atoms with van der Waals surface area (Å²) in [5.74, 6) is 1.45. The highest BCUT2D eigenvalue weighted by molar-refractivity contribution is 6.06. The summed E-state index contributed by atoms with van der Waals surface area (Å²) in [4.78, 5) is 43.6. The van der Waals surface area contributed by atoms with Crippen LogP contribution in [0.2, 0.25) is 0 Å². The molecule has 0 spiro atoms. The largest absolute Gasteiger partial charge is 0.508 e. The van der Waals surface area contributed by atoms with Crippen molar-refractivity contribution in [3.05, 3.63) is 54.0 Å². The van der Waals surface area contributed by atoms with Crippen molar-refractivity contribution in [3.8, 4) is 35.9 Å². The minimum absolute atomic E-state index is 0.0510. The summed E-state index contributed by atoms with van der Waals surface area (Å²) < 4.78 is 27.3. The molecule has 12 nitrogen and oxygen atoms in total. The van der Waals surface area contributed by atoms with Gasteiger partial charge in [-0.15, -0.1) is 6.42 Å². The lowest BCUT2D eigenvalue weighted by molar-refractivity contribution is -0.129. The summed E-state index contributed by atoms with van der Waals surface area (Å²) in [7, 11) is 0. The number of aromatic nitrogens is 2. The van der Waals surface area contributed by atoms with E-state index in [4.69, 9.17) is 25.9 Å². The molecule has 1 N–H and O–H groups in total. The summed E-state index contributed by atoms with van der Waals surface area (Å²) in [5, 5.41) is 21.3. The van der Waals surface area contributed by atoms with E-state index >= 15 is 0 Å². The third kappa shape index (κ3) is 4.91. The number of phenols is 1. The minimum atomic E-state index is -0.796. The van der Waals surface area contributed by atoms with Gasteiger partial charge in [0.15, 0.2) is 11.6 Å². The molecule has 0 aliphatic carbocycles. The Hall–Kier alpha value is -5.40. The number of benzene rings is 2. The lowest BCUT2D eigenvalue weighted by atomic mass is 9.95. The van der Waals surface area contributed by atoms with Crippen molar-refractivity contribution in [1.29, 1.82) is 5.26 Å². The number of rotatable bonds is 6. The summed E-state index contributed by atoms with van der Waals surface area (Å²) in [6.07, 6.45) is 10.9. The second kappa shape index (κ2) is 11.6. The fraction of sp³-hybridized carbons (Fsp3) is 0.417. The lowest BCUT2D eigenvalue weighted by Crippen LogP contribution is -2.56. The van der Waals surface area contributed by atoms with Crippen LogP contribution in [-0.2, 0) is 11.3 Å². The van der Waals surface area contributed by atoms with Crippen molar-refractivity contribution >= 4 is 34.3 Å². The Balaban J connectivity index is 1.20. The summed E-state index contributed by atoms with van der Waals surface area (Å²) in [6, 6.07) is 7.27. The number of hydrogen-bond acceptors (Lipinski definition) is 10. The number of carbonyl (C=O) groups excluding carboxylic acids is 2. The molecule has 250 valence electrons. The monoisotopic (exact) mass is 663 g/mol. The summed E-state index contributed by atoms with van der Waals surface area (Å²) >= 11 is 0. The average Bonchev–Trinajstić information content (AvgIpc) is 3.75. The fourth-order valence-electron chi connectivity index (χ4n) is 8.63. The van der Waals surface area contributed by atoms with E-state index in [2.05, 4.69) is 23.5 Å². The normalized spacial score (nSPS) is 23.9. The predicted octanol–water partition coefficient (Wildman–Crippen LogP) is 4.10. The van der Waals surface area contributed by atoms with Gasteiger partial charge < -0.3 is 24.4 Å². The third-order valence-electron chi connectivity index (χ3n) is 10.8. The second-order valence-corrected chi connectivity index (χ2v) is 13.4. The number of terminal acetylenes is 1. The molecule has 5 aliphatic heterocycles. The van der Waals surface area contributed by atoms with Gasteiger partial charge in [0.1, 0.15) is 23.9 Å². The van der Waals surface area contributed by atoms with E-state index in [1.807, 2.05) is 4.90 Å². The molecular weight excluding hydrogens is 629 g/mol. The Kier molecular flexibility index (Phi) is 7.34. The Morgan fingerprint density at radius 1 is 1.24 bits per heavy atom. The summed E-state index contributed by atoms with van der Waals surface area (Å²) in [5.41, 5.74) is 0.378. The van der Waals surface area contributed by atoms with E-state index in [0.29, 0.717) is 36.5 Å². The number of fused-ring (bicyclic) bond motifs is 5. The number of ether oxygens (including phenoxy) is 2. The van der Waals surface area contributed by atoms with Gasteiger partial charge in [-0.25, -0.2) is 9.18 Å². The predicted molar refractivity (Wildman–Crippen MR) is 177 cm³/mol. The van der Waals surface area contributed by atoms with Gasteiger partial charge in [-0.3, -0.25) is 14.6 Å². The standard InChI is InChI=1S/C36H34FN7O5/c1-3-25-26(37)8-7-21-14-24(45)15-28(31(21)25)43-18-27-32(49-35(43)47)33(40-34(39-27)48-20-36-9-5-11-42(36)12-6-10-36)41-17-23-13-22(16-38)29(19-41)44(23)30(46)4-2/h1,4,7-8,14-15,22-23,29,45H,2,5-6,9-13,17-20H2/t22-,23-,29-/m1/s1. The highest BCUT2D eigenvalue weighted by atomic mass is 19.1. The van der Waals surface area contributed by atoms with E-state index in [1.54, 1.807) is 4.90 Å². The molecule has 3 aromatic rings. The third-order valence-corrected chi connectivity index (χ3v) is 10.8. The molecule has 4 fully saturated rings. The second-order valence-electron chi connectivity index (χ2n) is 13.4. The number of hydrogen-bond donors (Lipinski definition) is 1. The molecule has 6 heterocycles. The van der Waals surface area contributed by atoms with Crippen LogP contribution in [0.25, 0.3) is 10.8 Å². The van der Waals surface area contributed by atoms with Gasteiger partial charge in [0.05, 0.1) is 47.4 Å². The van der Waals surface area contributed by atoms with Gasteiger partial charge in [-0.05, 0) is 68.8 Å². The minimum Gasteiger partial charge on any atom is -0.508 e. The van der Waals surface area contributed by atoms with Crippen LogP contribution in [0.4, 0.5) is 20.7 Å². The molecule has 13 heteroatoms. The molecule has 0 radical (unpaired) electrons. The maximum Gasteiger partial charge on any atom is 0.420 e. The first kappa shape index (κ1) is 30.9. The van der Waals surface area contributed by atoms with Crippen molar-refractivity contribution in [2.75, 3.05) is 42.6 Å². The fourth-order valence-corrected chi connectivity index (χ4v) is 8.63. The first-order chi connectivity index (χ1) is 23.7. The molecule has 0 saturated carbocycles. The van der Waals surface area contributed by atoms with E-state index in [9.17, 15) is 24.3 Å². The maximum atomic E-state index is 14.9. The number of nitriles is 1. The zero-order valence-corrected chi connectivity index (χ0v) is 26.8. The Morgan fingerprint density at radius 2 is 2.04 bits per heavy atom. The van der Waals surface area contributed by atoms with Crippen LogP contribution >= 0.6 is 0 Å². The van der Waals surface area contributed by atoms with Crippen molar-refractivity contribution < 1.29 is 28.6 Å². The molecule has 3 atom stereocenters. The zero-order valence-electron chi connectivity index (χ0n) is 26.8. The van der Waals surface area contributed by atoms with Gasteiger partial charge in [0.2, 0.25) is 5.91 Å². The van der Waals surface area contributed by atoms with Gasteiger partial charge >= 0.3 is 12.1 Å². The molecule has 5 aliphatic rings. The Morgan fingerprint density at radius 3 is 2.78 bits per heavy atom. The molecule has 1 aromatic heterocycles. The van der Waals surface area contributed by atoms with Gasteiger partial charge in [0, 0.05) is 24.5 Å². The van der Waals surface area contributed by atoms with Crippen LogP contribution < -0.4 is 19.3 Å². The first-order valence-corrected chi connectivity index (χ1v) is 16.5. The van der Waals surface area contributed by atoms with E-state index in [-0.39, 0.29) is 70.6 Å². The van der Waals surface area contributed by atoms with E-state index < -0.39 is 18.0 Å². The molecule has 2 amide bonds. The quantitative estimate of drug-likeness (QED) is 0.304. The molecule has 4 saturated heterocycles. The number of aromatic hydroxyl groups is 1. The number of phenolic OH excluding ortho intramolecular Hbond substituents is 1. The van der Waals surface area contributed by atoms with Gasteiger partial charge in [-0.2, -0.15) is 15.2 Å². The van der Waals surface area contributed by atoms with Crippen LogP contribution in [-0.4, -0.2) is 87.3 Å². The first-order valence-electron chi connectivity index (χ1n) is 16.5. The molecular formula is C36H34FN7O5. The number of amides is 2. The number of halogens is 1. The van der Waals surface area contributed by atoms with Crippen molar-refractivity contribution in [1.82, 2.24) is 19.8 Å². The summed E-state index contributed by atoms with van der Waals surface area (Å²) in [6.45, 7) is 6.61. The van der Waals surface area contributed by atoms with Crippen LogP contribution in [0.5, 0.6) is 17.5 Å². The van der Waals surface area contributed by atoms with Crippen molar-refractivity contribution in [3.63, 3.8) is 0 Å². The SMILES string of the molecule is C#Cc1c(F)ccc2cc(O)cc(N3Cc4nc(OCC56CCCN5CCC6)nc(N5C[C@H]6C[C@H](C#N)[C@@H](C5)N6C(=O)C=C)c4OC3=O)c12. The Labute approximate surface area is 282 Å². The molecule has 2 bridgehead atoms. The molecule has 49 heavy (non-hydrogen) atoms. The number of piperazine rings is 1. The highest BCUT2D eigenvalue weighted by Gasteiger charge is 2.50. The number of carbonyl (C=O) groups is 2. The van der Waals surface area contributed by atoms with Crippen molar-refractivity contribution in [2.24, 2.45) is 5.92 Å². The van der Waals surface area contributed by atoms with Gasteiger partial charge in [-0.1, -0.05) is 18.6 Å². The smallest absolute Gasteiger partial charge is 0.420 e. The lowest BCUT2D eigenvalue weighted by Gasteiger charge is -2.42. The highest BCUT2D eigenvalue weighted by Crippen LogP contribution is 2.44. The van der Waals surface area contributed by atoms with E-state index in [0.717, 1.165) is 38.8 Å². The zero-order chi connectivity index (χ0) is 34.0. The Bertz CT molecular complexity index is 2000.